The second-order valence-corrected chi connectivity index (χ2v) is 6.65. The number of unbranched alkanes of at least 4 members (excludes halogenated alkanes) is 2. The number of hydrogen-bond donors (Lipinski definition) is 2. The van der Waals surface area contributed by atoms with Crippen molar-refractivity contribution in [3.05, 3.63) is 0 Å². The molecular formula is C17H31N3O2. The van der Waals surface area contributed by atoms with E-state index >= 15 is 0 Å². The van der Waals surface area contributed by atoms with E-state index in [4.69, 9.17) is 0 Å². The zero-order valence-corrected chi connectivity index (χ0v) is 13.9. The van der Waals surface area contributed by atoms with Gasteiger partial charge >= 0.3 is 0 Å². The molecule has 2 heterocycles. The maximum absolute atomic E-state index is 12.3. The van der Waals surface area contributed by atoms with E-state index in [9.17, 15) is 9.59 Å². The van der Waals surface area contributed by atoms with E-state index in [1.54, 1.807) is 0 Å². The molecule has 0 radical (unpaired) electrons. The quantitative estimate of drug-likeness (QED) is 0.703. The molecule has 0 aromatic carbocycles. The molecule has 2 fully saturated rings. The van der Waals surface area contributed by atoms with Gasteiger partial charge in [0, 0.05) is 38.0 Å². The van der Waals surface area contributed by atoms with Crippen molar-refractivity contribution in [2.45, 2.75) is 64.3 Å². The van der Waals surface area contributed by atoms with Gasteiger partial charge in [0.2, 0.25) is 11.8 Å². The fraction of sp³-hybridized carbons (Fsp3) is 0.882. The van der Waals surface area contributed by atoms with Crippen molar-refractivity contribution < 1.29 is 9.59 Å². The van der Waals surface area contributed by atoms with Gasteiger partial charge in [-0.05, 0) is 38.6 Å². The summed E-state index contributed by atoms with van der Waals surface area (Å²) in [4.78, 5) is 26.3. The molecule has 1 atom stereocenters. The molecule has 2 aliphatic rings. The standard InChI is InChI=1S/C17H31N3O2/c1-2-3-4-9-19-17(22)14-7-11-20(12-8-14)16(21)13-15-6-5-10-18-15/h14-15,18H,2-13H2,1H3,(H,19,22). The lowest BCUT2D eigenvalue weighted by molar-refractivity contribution is -0.136. The monoisotopic (exact) mass is 309 g/mol. The van der Waals surface area contributed by atoms with Gasteiger partial charge in [-0.3, -0.25) is 9.59 Å². The van der Waals surface area contributed by atoms with Crippen LogP contribution in [0.2, 0.25) is 0 Å². The second-order valence-electron chi connectivity index (χ2n) is 6.65. The molecule has 0 spiro atoms. The minimum Gasteiger partial charge on any atom is -0.356 e. The molecule has 2 aliphatic heterocycles. The lowest BCUT2D eigenvalue weighted by Crippen LogP contribution is -2.44. The first kappa shape index (κ1) is 17.3. The van der Waals surface area contributed by atoms with Gasteiger partial charge in [0.25, 0.3) is 0 Å². The predicted octanol–water partition coefficient (Wildman–Crippen LogP) is 1.67. The molecule has 2 amide bonds. The summed E-state index contributed by atoms with van der Waals surface area (Å²) >= 11 is 0. The second kappa shape index (κ2) is 9.13. The molecule has 2 N–H and O–H groups in total. The third-order valence-corrected chi connectivity index (χ3v) is 4.88. The molecule has 0 aromatic heterocycles. The highest BCUT2D eigenvalue weighted by molar-refractivity contribution is 5.80. The molecule has 0 aromatic rings. The number of carbonyl (C=O) groups excluding carboxylic acids is 2. The summed E-state index contributed by atoms with van der Waals surface area (Å²) in [5.41, 5.74) is 0. The largest absolute Gasteiger partial charge is 0.356 e. The summed E-state index contributed by atoms with van der Waals surface area (Å²) in [5.74, 6) is 0.525. The Labute approximate surface area is 134 Å². The highest BCUT2D eigenvalue weighted by Crippen LogP contribution is 2.19. The number of likely N-dealkylation sites (tertiary alicyclic amines) is 1. The van der Waals surface area contributed by atoms with Gasteiger partial charge < -0.3 is 15.5 Å². The third-order valence-electron chi connectivity index (χ3n) is 4.88. The summed E-state index contributed by atoms with van der Waals surface area (Å²) in [7, 11) is 0. The SMILES string of the molecule is CCCCCNC(=O)C1CCN(C(=O)CC2CCCN2)CC1. The van der Waals surface area contributed by atoms with Crippen molar-refractivity contribution in [3.8, 4) is 0 Å². The number of hydrogen-bond acceptors (Lipinski definition) is 3. The van der Waals surface area contributed by atoms with Crippen LogP contribution >= 0.6 is 0 Å². The first-order valence-corrected chi connectivity index (χ1v) is 8.99. The minimum atomic E-state index is 0.0929. The Hall–Kier alpha value is -1.10. The number of rotatable bonds is 7. The fourth-order valence-corrected chi connectivity index (χ4v) is 3.39. The van der Waals surface area contributed by atoms with Crippen molar-refractivity contribution in [2.75, 3.05) is 26.2 Å². The molecule has 5 heteroatoms. The fourth-order valence-electron chi connectivity index (χ4n) is 3.39. The van der Waals surface area contributed by atoms with E-state index in [0.29, 0.717) is 12.5 Å². The summed E-state index contributed by atoms with van der Waals surface area (Å²) in [5, 5.41) is 6.41. The molecule has 2 saturated heterocycles. The van der Waals surface area contributed by atoms with E-state index in [1.165, 1.54) is 19.3 Å². The summed E-state index contributed by atoms with van der Waals surface area (Å²) < 4.78 is 0. The Morgan fingerprint density at radius 1 is 1.18 bits per heavy atom. The zero-order valence-electron chi connectivity index (χ0n) is 13.9. The van der Waals surface area contributed by atoms with E-state index in [2.05, 4.69) is 17.6 Å². The van der Waals surface area contributed by atoms with Crippen molar-refractivity contribution in [1.82, 2.24) is 15.5 Å². The topological polar surface area (TPSA) is 61.4 Å². The van der Waals surface area contributed by atoms with E-state index in [-0.39, 0.29) is 17.7 Å². The highest BCUT2D eigenvalue weighted by Gasteiger charge is 2.28. The van der Waals surface area contributed by atoms with Crippen molar-refractivity contribution in [3.63, 3.8) is 0 Å². The maximum Gasteiger partial charge on any atom is 0.224 e. The molecule has 5 nitrogen and oxygen atoms in total. The number of nitrogens with zero attached hydrogens (tertiary/aromatic N) is 1. The van der Waals surface area contributed by atoms with Gasteiger partial charge in [0.1, 0.15) is 0 Å². The van der Waals surface area contributed by atoms with Gasteiger partial charge in [-0.15, -0.1) is 0 Å². The molecule has 22 heavy (non-hydrogen) atoms. The lowest BCUT2D eigenvalue weighted by atomic mass is 9.95. The van der Waals surface area contributed by atoms with Crippen molar-refractivity contribution in [1.29, 1.82) is 0 Å². The van der Waals surface area contributed by atoms with Gasteiger partial charge in [0.15, 0.2) is 0 Å². The third kappa shape index (κ3) is 5.27. The maximum atomic E-state index is 12.3. The first-order chi connectivity index (χ1) is 10.7. The smallest absolute Gasteiger partial charge is 0.224 e. The van der Waals surface area contributed by atoms with Crippen LogP contribution in [0.4, 0.5) is 0 Å². The summed E-state index contributed by atoms with van der Waals surface area (Å²) in [6, 6.07) is 0.368. The van der Waals surface area contributed by atoms with Crippen LogP contribution < -0.4 is 10.6 Å². The van der Waals surface area contributed by atoms with Gasteiger partial charge in [-0.1, -0.05) is 19.8 Å². The van der Waals surface area contributed by atoms with Crippen LogP contribution in [-0.4, -0.2) is 48.9 Å². The number of nitrogens with one attached hydrogen (secondary N) is 2. The number of carbonyl (C=O) groups is 2. The Kier molecular flexibility index (Phi) is 7.16. The Morgan fingerprint density at radius 2 is 1.95 bits per heavy atom. The van der Waals surface area contributed by atoms with E-state index < -0.39 is 0 Å². The van der Waals surface area contributed by atoms with E-state index in [1.807, 2.05) is 4.90 Å². The van der Waals surface area contributed by atoms with Crippen LogP contribution in [0.3, 0.4) is 0 Å². The van der Waals surface area contributed by atoms with Crippen LogP contribution in [0, 0.1) is 5.92 Å². The zero-order chi connectivity index (χ0) is 15.8. The lowest BCUT2D eigenvalue weighted by Gasteiger charge is -2.32. The van der Waals surface area contributed by atoms with Crippen LogP contribution in [0.1, 0.15) is 58.3 Å². The Balaban J connectivity index is 1.64. The van der Waals surface area contributed by atoms with Crippen LogP contribution in [0.25, 0.3) is 0 Å². The van der Waals surface area contributed by atoms with Gasteiger partial charge in [-0.2, -0.15) is 0 Å². The number of amides is 2. The first-order valence-electron chi connectivity index (χ1n) is 8.99. The van der Waals surface area contributed by atoms with Gasteiger partial charge in [-0.25, -0.2) is 0 Å². The van der Waals surface area contributed by atoms with Crippen LogP contribution in [0.5, 0.6) is 0 Å². The van der Waals surface area contributed by atoms with Crippen LogP contribution in [0.15, 0.2) is 0 Å². The number of piperidine rings is 1. The molecule has 0 bridgehead atoms. The average Bonchev–Trinajstić information content (AvgIpc) is 3.04. The molecule has 1 unspecified atom stereocenters. The van der Waals surface area contributed by atoms with Crippen molar-refractivity contribution >= 4 is 11.8 Å². The molecular weight excluding hydrogens is 278 g/mol. The minimum absolute atomic E-state index is 0.0929. The van der Waals surface area contributed by atoms with Gasteiger partial charge in [0.05, 0.1) is 0 Å². The highest BCUT2D eigenvalue weighted by atomic mass is 16.2. The molecule has 0 saturated carbocycles. The predicted molar refractivity (Wildman–Crippen MR) is 87.5 cm³/mol. The molecule has 0 aliphatic carbocycles. The molecule has 2 rings (SSSR count). The molecule has 126 valence electrons. The normalized spacial score (nSPS) is 22.8. The van der Waals surface area contributed by atoms with Crippen molar-refractivity contribution in [2.24, 2.45) is 5.92 Å². The van der Waals surface area contributed by atoms with E-state index in [0.717, 1.165) is 51.9 Å². The summed E-state index contributed by atoms with van der Waals surface area (Å²) in [6.07, 6.45) is 7.93. The Bertz CT molecular complexity index is 359. The average molecular weight is 309 g/mol. The summed E-state index contributed by atoms with van der Waals surface area (Å²) in [6.45, 7) is 5.46. The van der Waals surface area contributed by atoms with Crippen LogP contribution in [-0.2, 0) is 9.59 Å². The Morgan fingerprint density at radius 3 is 2.59 bits per heavy atom.